The monoisotopic (exact) mass is 471 g/mol. The molecule has 3 N–H and O–H groups in total. The number of anilines is 1. The van der Waals surface area contributed by atoms with Crippen LogP contribution in [-0.4, -0.2) is 43.8 Å². The van der Waals surface area contributed by atoms with Gasteiger partial charge in [0, 0.05) is 41.3 Å². The molecule has 7 heteroatoms. The molecule has 0 spiro atoms. The smallest absolute Gasteiger partial charge is 0.241 e. The van der Waals surface area contributed by atoms with Crippen molar-refractivity contribution < 1.29 is 19.0 Å². The van der Waals surface area contributed by atoms with Crippen LogP contribution >= 0.6 is 0 Å². The van der Waals surface area contributed by atoms with Crippen molar-refractivity contribution in [2.45, 2.75) is 18.9 Å². The zero-order valence-electron chi connectivity index (χ0n) is 19.8. The van der Waals surface area contributed by atoms with Crippen LogP contribution in [0.3, 0.4) is 0 Å². The Bertz CT molecular complexity index is 1320. The van der Waals surface area contributed by atoms with Gasteiger partial charge in [0.25, 0.3) is 0 Å². The molecule has 5 rings (SSSR count). The van der Waals surface area contributed by atoms with Crippen molar-refractivity contribution in [2.24, 2.45) is 0 Å². The molecule has 2 heterocycles. The van der Waals surface area contributed by atoms with E-state index in [4.69, 9.17) is 14.2 Å². The Hall–Kier alpha value is -3.97. The maximum Gasteiger partial charge on any atom is 0.241 e. The van der Waals surface area contributed by atoms with Crippen molar-refractivity contribution in [2.75, 3.05) is 32.2 Å². The number of methoxy groups -OCH3 is 1. The minimum atomic E-state index is -0.408. The molecule has 1 amide bonds. The van der Waals surface area contributed by atoms with Gasteiger partial charge in [-0.1, -0.05) is 30.3 Å². The highest BCUT2D eigenvalue weighted by Gasteiger charge is 2.21. The SMILES string of the molecule is COc1ccc([C@@H](CN[C@@H](C)C(=O)Nc2ccc3c(c2)OCCO3)c2c[nH]c3ccccc23)cc1. The Morgan fingerprint density at radius 1 is 1.03 bits per heavy atom. The standard InChI is InChI=1S/C28H29N3O4/c1-18(28(32)31-20-9-12-26-27(15-20)35-14-13-34-26)29-16-23(19-7-10-21(33-2)11-8-19)24-17-30-25-6-4-3-5-22(24)25/h3-12,15,17-18,23,29-30H,13-14,16H2,1-2H3,(H,31,32)/t18-,23+/m0/s1. The van der Waals surface area contributed by atoms with Crippen LogP contribution in [0.5, 0.6) is 17.2 Å². The maximum absolute atomic E-state index is 12.9. The third-order valence-corrected chi connectivity index (χ3v) is 6.35. The minimum Gasteiger partial charge on any atom is -0.497 e. The Morgan fingerprint density at radius 3 is 2.60 bits per heavy atom. The summed E-state index contributed by atoms with van der Waals surface area (Å²) in [7, 11) is 1.66. The van der Waals surface area contributed by atoms with Gasteiger partial charge in [-0.15, -0.1) is 0 Å². The third kappa shape index (κ3) is 4.95. The molecule has 4 aromatic rings. The van der Waals surface area contributed by atoms with Crippen molar-refractivity contribution in [3.05, 3.63) is 84.1 Å². The van der Waals surface area contributed by atoms with E-state index in [1.54, 1.807) is 13.2 Å². The summed E-state index contributed by atoms with van der Waals surface area (Å²) in [5.41, 5.74) is 4.09. The number of benzene rings is 3. The molecule has 0 aliphatic carbocycles. The molecule has 35 heavy (non-hydrogen) atoms. The molecule has 180 valence electrons. The Kier molecular flexibility index (Phi) is 6.59. The highest BCUT2D eigenvalue weighted by molar-refractivity contribution is 5.95. The summed E-state index contributed by atoms with van der Waals surface area (Å²) in [4.78, 5) is 16.3. The average molecular weight is 472 g/mol. The predicted molar refractivity (Wildman–Crippen MR) is 137 cm³/mol. The van der Waals surface area contributed by atoms with E-state index in [9.17, 15) is 4.79 Å². The number of hydrogen-bond donors (Lipinski definition) is 3. The number of nitrogens with one attached hydrogen (secondary N) is 3. The molecule has 0 unspecified atom stereocenters. The van der Waals surface area contributed by atoms with Gasteiger partial charge in [0.05, 0.1) is 13.2 Å². The summed E-state index contributed by atoms with van der Waals surface area (Å²) >= 11 is 0. The number of fused-ring (bicyclic) bond motifs is 2. The van der Waals surface area contributed by atoms with E-state index in [1.807, 2.05) is 43.3 Å². The quantitative estimate of drug-likeness (QED) is 0.347. The summed E-state index contributed by atoms with van der Waals surface area (Å²) in [5.74, 6) is 2.08. The molecule has 1 aliphatic heterocycles. The normalized spacial score (nSPS) is 14.3. The van der Waals surface area contributed by atoms with Crippen molar-refractivity contribution in [3.8, 4) is 17.2 Å². The largest absolute Gasteiger partial charge is 0.497 e. The van der Waals surface area contributed by atoms with Crippen molar-refractivity contribution in [1.29, 1.82) is 0 Å². The van der Waals surface area contributed by atoms with Crippen LogP contribution in [0.25, 0.3) is 10.9 Å². The van der Waals surface area contributed by atoms with Crippen LogP contribution in [-0.2, 0) is 4.79 Å². The molecule has 7 nitrogen and oxygen atoms in total. The molecule has 0 bridgehead atoms. The fraction of sp³-hybridized carbons (Fsp3) is 0.250. The van der Waals surface area contributed by atoms with Crippen LogP contribution in [0.15, 0.2) is 72.9 Å². The molecular formula is C28H29N3O4. The Labute approximate surface area is 204 Å². The average Bonchev–Trinajstić information content (AvgIpc) is 3.33. The number of H-pyrrole nitrogens is 1. The summed E-state index contributed by atoms with van der Waals surface area (Å²) in [6.07, 6.45) is 2.06. The lowest BCUT2D eigenvalue weighted by atomic mass is 9.90. The fourth-order valence-electron chi connectivity index (χ4n) is 4.38. The molecule has 0 radical (unpaired) electrons. The number of aromatic amines is 1. The summed E-state index contributed by atoms with van der Waals surface area (Å²) in [5, 5.41) is 7.58. The molecule has 1 aliphatic rings. The van der Waals surface area contributed by atoms with Gasteiger partial charge in [0.2, 0.25) is 5.91 Å². The van der Waals surface area contributed by atoms with E-state index in [0.29, 0.717) is 36.9 Å². The topological polar surface area (TPSA) is 84.6 Å². The number of amides is 1. The predicted octanol–water partition coefficient (Wildman–Crippen LogP) is 4.70. The number of carbonyl (C=O) groups excluding carboxylic acids is 1. The molecule has 2 atom stereocenters. The number of hydrogen-bond acceptors (Lipinski definition) is 5. The molecule has 3 aromatic carbocycles. The Morgan fingerprint density at radius 2 is 1.80 bits per heavy atom. The molecule has 0 saturated heterocycles. The lowest BCUT2D eigenvalue weighted by Gasteiger charge is -2.22. The van der Waals surface area contributed by atoms with E-state index >= 15 is 0 Å². The molecular weight excluding hydrogens is 442 g/mol. The van der Waals surface area contributed by atoms with Crippen LogP contribution in [0, 0.1) is 0 Å². The first kappa shape index (κ1) is 22.8. The number of carbonyl (C=O) groups is 1. The van der Waals surface area contributed by atoms with E-state index in [2.05, 4.69) is 46.1 Å². The second kappa shape index (κ2) is 10.1. The van der Waals surface area contributed by atoms with Gasteiger partial charge in [-0.3, -0.25) is 4.79 Å². The minimum absolute atomic E-state index is 0.0431. The van der Waals surface area contributed by atoms with Crippen LogP contribution in [0.2, 0.25) is 0 Å². The lowest BCUT2D eigenvalue weighted by Crippen LogP contribution is -2.40. The second-order valence-electron chi connectivity index (χ2n) is 8.59. The molecule has 1 aromatic heterocycles. The van der Waals surface area contributed by atoms with Crippen LogP contribution < -0.4 is 24.8 Å². The number of rotatable bonds is 8. The van der Waals surface area contributed by atoms with E-state index in [1.165, 1.54) is 10.9 Å². The van der Waals surface area contributed by atoms with Gasteiger partial charge in [-0.2, -0.15) is 0 Å². The number of ether oxygens (including phenoxy) is 3. The van der Waals surface area contributed by atoms with E-state index in [-0.39, 0.29) is 11.8 Å². The van der Waals surface area contributed by atoms with Gasteiger partial charge in [0.15, 0.2) is 11.5 Å². The van der Waals surface area contributed by atoms with Crippen molar-refractivity contribution in [1.82, 2.24) is 10.3 Å². The zero-order chi connectivity index (χ0) is 24.2. The fourth-order valence-corrected chi connectivity index (χ4v) is 4.38. The maximum atomic E-state index is 12.9. The highest BCUT2D eigenvalue weighted by Crippen LogP contribution is 2.33. The van der Waals surface area contributed by atoms with Crippen molar-refractivity contribution >= 4 is 22.5 Å². The summed E-state index contributed by atoms with van der Waals surface area (Å²) < 4.78 is 16.5. The first-order chi connectivity index (χ1) is 17.1. The van der Waals surface area contributed by atoms with Gasteiger partial charge in [-0.05, 0) is 48.4 Å². The van der Waals surface area contributed by atoms with Crippen molar-refractivity contribution in [3.63, 3.8) is 0 Å². The first-order valence-corrected chi connectivity index (χ1v) is 11.8. The second-order valence-corrected chi connectivity index (χ2v) is 8.59. The van der Waals surface area contributed by atoms with E-state index in [0.717, 1.165) is 16.8 Å². The molecule has 0 saturated carbocycles. The molecule has 0 fully saturated rings. The Balaban J connectivity index is 1.32. The van der Waals surface area contributed by atoms with Gasteiger partial charge in [0.1, 0.15) is 19.0 Å². The number of aromatic nitrogens is 1. The highest BCUT2D eigenvalue weighted by atomic mass is 16.6. The zero-order valence-corrected chi connectivity index (χ0v) is 19.8. The van der Waals surface area contributed by atoms with Gasteiger partial charge in [-0.25, -0.2) is 0 Å². The summed E-state index contributed by atoms with van der Waals surface area (Å²) in [6, 6.07) is 21.4. The van der Waals surface area contributed by atoms with Gasteiger partial charge < -0.3 is 29.8 Å². The van der Waals surface area contributed by atoms with Crippen LogP contribution in [0.4, 0.5) is 5.69 Å². The van der Waals surface area contributed by atoms with Gasteiger partial charge >= 0.3 is 0 Å². The van der Waals surface area contributed by atoms with Crippen LogP contribution in [0.1, 0.15) is 24.0 Å². The first-order valence-electron chi connectivity index (χ1n) is 11.8. The number of para-hydroxylation sites is 1. The van der Waals surface area contributed by atoms with E-state index < -0.39 is 6.04 Å². The lowest BCUT2D eigenvalue weighted by molar-refractivity contribution is -0.117. The third-order valence-electron chi connectivity index (χ3n) is 6.35. The summed E-state index contributed by atoms with van der Waals surface area (Å²) in [6.45, 7) is 3.49.